The molecule has 0 atom stereocenters. The van der Waals surface area contributed by atoms with Crippen LogP contribution < -0.4 is 9.64 Å². The van der Waals surface area contributed by atoms with E-state index >= 15 is 0 Å². The van der Waals surface area contributed by atoms with E-state index in [9.17, 15) is 0 Å². The molecule has 2 aromatic carbocycles. The van der Waals surface area contributed by atoms with Crippen molar-refractivity contribution in [1.82, 2.24) is 0 Å². The predicted molar refractivity (Wildman–Crippen MR) is 120 cm³/mol. The molecule has 0 amide bonds. The minimum atomic E-state index is 0.570. The molecule has 26 heavy (non-hydrogen) atoms. The summed E-state index contributed by atoms with van der Waals surface area (Å²) in [5, 5.41) is 0. The van der Waals surface area contributed by atoms with Crippen molar-refractivity contribution >= 4 is 72.7 Å². The van der Waals surface area contributed by atoms with Crippen molar-refractivity contribution in [2.45, 2.75) is 6.92 Å². The number of ether oxygens (including phenoxy) is 1. The van der Waals surface area contributed by atoms with E-state index in [0.717, 1.165) is 50.3 Å². The molecule has 0 fully saturated rings. The standard InChI is InChI=1S/C19H20Br2Cl2N2O/c1-13-9-16(25(7-5-22)8-6-23)4-3-14(13)12-24-15-10-17(20)19(26-2)18(21)11-15/h3-4,9-12H,5-8H2,1-2H3. The quantitative estimate of drug-likeness (QED) is 0.289. The monoisotopic (exact) mass is 520 g/mol. The summed E-state index contributed by atoms with van der Waals surface area (Å²) in [5.41, 5.74) is 4.16. The molecule has 0 aliphatic carbocycles. The van der Waals surface area contributed by atoms with Crippen LogP contribution in [-0.4, -0.2) is 38.2 Å². The summed E-state index contributed by atoms with van der Waals surface area (Å²) in [6.45, 7) is 3.62. The molecule has 0 aliphatic rings. The maximum absolute atomic E-state index is 5.90. The van der Waals surface area contributed by atoms with Gasteiger partial charge in [0.1, 0.15) is 5.75 Å². The zero-order valence-electron chi connectivity index (χ0n) is 14.6. The summed E-state index contributed by atoms with van der Waals surface area (Å²) in [4.78, 5) is 6.77. The maximum Gasteiger partial charge on any atom is 0.147 e. The van der Waals surface area contributed by atoms with E-state index in [1.807, 2.05) is 18.3 Å². The lowest BCUT2D eigenvalue weighted by molar-refractivity contribution is 0.409. The van der Waals surface area contributed by atoms with Gasteiger partial charge in [0.15, 0.2) is 0 Å². The van der Waals surface area contributed by atoms with Crippen LogP contribution in [0.5, 0.6) is 5.75 Å². The number of anilines is 1. The van der Waals surface area contributed by atoms with Gasteiger partial charge in [-0.05, 0) is 74.2 Å². The number of nitrogens with zero attached hydrogens (tertiary/aromatic N) is 2. The van der Waals surface area contributed by atoms with Crippen LogP contribution in [0.4, 0.5) is 11.4 Å². The Labute approximate surface area is 181 Å². The molecular formula is C19H20Br2Cl2N2O. The smallest absolute Gasteiger partial charge is 0.147 e. The molecular weight excluding hydrogens is 503 g/mol. The van der Waals surface area contributed by atoms with Gasteiger partial charge < -0.3 is 9.64 Å². The van der Waals surface area contributed by atoms with Gasteiger partial charge in [-0.3, -0.25) is 4.99 Å². The highest BCUT2D eigenvalue weighted by Gasteiger charge is 2.08. The summed E-state index contributed by atoms with van der Waals surface area (Å²) in [6.07, 6.45) is 1.87. The number of alkyl halides is 2. The van der Waals surface area contributed by atoms with E-state index in [4.69, 9.17) is 27.9 Å². The Morgan fingerprint density at radius 3 is 2.19 bits per heavy atom. The first kappa shape index (κ1) is 21.5. The first-order valence-corrected chi connectivity index (χ1v) is 10.7. The Morgan fingerprint density at radius 1 is 1.08 bits per heavy atom. The van der Waals surface area contributed by atoms with Crippen molar-refractivity contribution in [3.8, 4) is 5.75 Å². The second kappa shape index (κ2) is 10.5. The summed E-state index contributed by atoms with van der Waals surface area (Å²) < 4.78 is 7.03. The molecule has 0 saturated carbocycles. The predicted octanol–water partition coefficient (Wildman–Crippen LogP) is 6.56. The van der Waals surface area contributed by atoms with Crippen molar-refractivity contribution < 1.29 is 4.74 Å². The van der Waals surface area contributed by atoms with Crippen LogP contribution in [0.2, 0.25) is 0 Å². The maximum atomic E-state index is 5.90. The molecule has 7 heteroatoms. The second-order valence-electron chi connectivity index (χ2n) is 5.61. The van der Waals surface area contributed by atoms with E-state index in [1.54, 1.807) is 7.11 Å². The normalized spacial score (nSPS) is 11.2. The third kappa shape index (κ3) is 5.62. The van der Waals surface area contributed by atoms with E-state index in [-0.39, 0.29) is 0 Å². The Bertz CT molecular complexity index is 755. The fraction of sp³-hybridized carbons (Fsp3) is 0.316. The zero-order valence-corrected chi connectivity index (χ0v) is 19.3. The van der Waals surface area contributed by atoms with Crippen molar-refractivity contribution in [2.75, 3.05) is 36.9 Å². The molecule has 140 valence electrons. The molecule has 0 aliphatic heterocycles. The lowest BCUT2D eigenvalue weighted by Gasteiger charge is -2.23. The van der Waals surface area contributed by atoms with Crippen LogP contribution in [0, 0.1) is 6.92 Å². The molecule has 2 rings (SSSR count). The highest BCUT2D eigenvalue weighted by molar-refractivity contribution is 9.11. The zero-order chi connectivity index (χ0) is 19.1. The van der Waals surface area contributed by atoms with E-state index in [1.165, 1.54) is 0 Å². The van der Waals surface area contributed by atoms with Crippen molar-refractivity contribution in [3.63, 3.8) is 0 Å². The SMILES string of the molecule is COc1c(Br)cc(N=Cc2ccc(N(CCCl)CCCl)cc2C)cc1Br. The van der Waals surface area contributed by atoms with Crippen molar-refractivity contribution in [1.29, 1.82) is 0 Å². The number of aliphatic imine (C=N–C) groups is 1. The van der Waals surface area contributed by atoms with E-state index in [0.29, 0.717) is 11.8 Å². The molecule has 0 N–H and O–H groups in total. The van der Waals surface area contributed by atoms with Gasteiger partial charge in [0.25, 0.3) is 0 Å². The van der Waals surface area contributed by atoms with E-state index < -0.39 is 0 Å². The number of benzene rings is 2. The van der Waals surface area contributed by atoms with Crippen LogP contribution in [0.1, 0.15) is 11.1 Å². The van der Waals surface area contributed by atoms with Crippen LogP contribution in [0.15, 0.2) is 44.3 Å². The first-order chi connectivity index (χ1) is 12.5. The second-order valence-corrected chi connectivity index (χ2v) is 8.07. The third-order valence-electron chi connectivity index (χ3n) is 3.87. The van der Waals surface area contributed by atoms with Gasteiger partial charge in [0, 0.05) is 36.8 Å². The van der Waals surface area contributed by atoms with E-state index in [2.05, 4.69) is 66.9 Å². The molecule has 0 spiro atoms. The highest BCUT2D eigenvalue weighted by atomic mass is 79.9. The van der Waals surface area contributed by atoms with Crippen LogP contribution >= 0.6 is 55.1 Å². The number of hydrogen-bond donors (Lipinski definition) is 0. The molecule has 0 heterocycles. The molecule has 0 aromatic heterocycles. The number of halogens is 4. The Kier molecular flexibility index (Phi) is 8.74. The topological polar surface area (TPSA) is 24.8 Å². The lowest BCUT2D eigenvalue weighted by atomic mass is 10.1. The minimum absolute atomic E-state index is 0.570. The largest absolute Gasteiger partial charge is 0.494 e. The Morgan fingerprint density at radius 2 is 1.69 bits per heavy atom. The molecule has 0 radical (unpaired) electrons. The minimum Gasteiger partial charge on any atom is -0.494 e. The summed E-state index contributed by atoms with van der Waals surface area (Å²) >= 11 is 18.8. The fourth-order valence-corrected chi connectivity index (χ4v) is 4.43. The van der Waals surface area contributed by atoms with Gasteiger partial charge >= 0.3 is 0 Å². The molecule has 0 bridgehead atoms. The van der Waals surface area contributed by atoms with Crippen LogP contribution in [0.3, 0.4) is 0 Å². The third-order valence-corrected chi connectivity index (χ3v) is 5.38. The summed E-state index contributed by atoms with van der Waals surface area (Å²) in [7, 11) is 1.64. The molecule has 3 nitrogen and oxygen atoms in total. The van der Waals surface area contributed by atoms with Gasteiger partial charge in [-0.2, -0.15) is 0 Å². The number of hydrogen-bond acceptors (Lipinski definition) is 3. The Hall–Kier alpha value is -0.750. The average molecular weight is 523 g/mol. The van der Waals surface area contributed by atoms with Gasteiger partial charge in [0.2, 0.25) is 0 Å². The number of methoxy groups -OCH3 is 1. The first-order valence-electron chi connectivity index (χ1n) is 8.04. The van der Waals surface area contributed by atoms with Crippen molar-refractivity contribution in [3.05, 3.63) is 50.4 Å². The summed E-state index contributed by atoms with van der Waals surface area (Å²) in [5.74, 6) is 1.89. The van der Waals surface area contributed by atoms with Crippen molar-refractivity contribution in [2.24, 2.45) is 4.99 Å². The fourth-order valence-electron chi connectivity index (χ4n) is 2.54. The van der Waals surface area contributed by atoms with Gasteiger partial charge in [-0.15, -0.1) is 23.2 Å². The van der Waals surface area contributed by atoms with Gasteiger partial charge in [-0.25, -0.2) is 0 Å². The Balaban J connectivity index is 2.23. The molecule has 0 saturated heterocycles. The van der Waals surface area contributed by atoms with Crippen LogP contribution in [-0.2, 0) is 0 Å². The molecule has 0 unspecified atom stereocenters. The van der Waals surface area contributed by atoms with Crippen LogP contribution in [0.25, 0.3) is 0 Å². The lowest BCUT2D eigenvalue weighted by Crippen LogP contribution is -2.27. The average Bonchev–Trinajstić information content (AvgIpc) is 2.60. The van der Waals surface area contributed by atoms with Gasteiger partial charge in [0.05, 0.1) is 21.7 Å². The van der Waals surface area contributed by atoms with Gasteiger partial charge in [-0.1, -0.05) is 6.07 Å². The highest BCUT2D eigenvalue weighted by Crippen LogP contribution is 2.37. The number of aryl methyl sites for hydroxylation is 1. The molecule has 2 aromatic rings. The number of rotatable bonds is 8. The summed E-state index contributed by atoms with van der Waals surface area (Å²) in [6, 6.07) is 10.1.